The van der Waals surface area contributed by atoms with Crippen LogP contribution in [0.1, 0.15) is 10.4 Å². The van der Waals surface area contributed by atoms with E-state index in [0.29, 0.717) is 6.07 Å². The van der Waals surface area contributed by atoms with Gasteiger partial charge in [-0.1, -0.05) is 0 Å². The number of aromatic carboxylic acids is 1. The quantitative estimate of drug-likeness (QED) is 0.117. The van der Waals surface area contributed by atoms with Crippen LogP contribution >= 0.6 is 0 Å². The van der Waals surface area contributed by atoms with E-state index in [1.165, 1.54) is 0 Å². The molecule has 0 fully saturated rings. The maximum atomic E-state index is 14.4. The smallest absolute Gasteiger partial charge is 0.545 e. The van der Waals surface area contributed by atoms with Gasteiger partial charge in [-0.05, 0) is 23.8 Å². The zero-order chi connectivity index (χ0) is 35.2. The van der Waals surface area contributed by atoms with Crippen molar-refractivity contribution in [2.75, 3.05) is 0 Å². The molecule has 0 unspecified atom stereocenters. The molecule has 5 nitrogen and oxygen atoms in total. The molecule has 5 aromatic rings. The molecule has 0 aliphatic rings. The monoisotopic (exact) mass is 696 g/mol. The average Bonchev–Trinajstić information content (AvgIpc) is 3.00. The summed E-state index contributed by atoms with van der Waals surface area (Å²) in [4.78, 5) is 12.3. The zero-order valence-corrected chi connectivity index (χ0v) is 23.8. The molecule has 18 heteroatoms. The van der Waals surface area contributed by atoms with Crippen molar-refractivity contribution in [2.24, 2.45) is 0 Å². The molecule has 0 saturated heterocycles. The Labute approximate surface area is 277 Å². The Balaban J connectivity index is 0.00000541. The first kappa shape index (κ1) is 36.6. The Morgan fingerprint density at radius 1 is 0.449 bits per heavy atom. The number of hydrogen-bond donors (Lipinski definition) is 0. The fraction of sp³-hybridized carbons (Fsp3) is 0. The van der Waals surface area contributed by atoms with Crippen molar-refractivity contribution in [3.8, 4) is 45.6 Å². The van der Waals surface area contributed by atoms with Crippen LogP contribution in [0, 0.1) is 69.8 Å². The summed E-state index contributed by atoms with van der Waals surface area (Å²) >= 11 is 0. The minimum Gasteiger partial charge on any atom is -0.545 e. The van der Waals surface area contributed by atoms with Gasteiger partial charge in [0, 0.05) is 47.5 Å². The fourth-order valence-corrected chi connectivity index (χ4v) is 4.17. The Kier molecular flexibility index (Phi) is 10.5. The molecular formula is C31H9F12LiO5. The van der Waals surface area contributed by atoms with E-state index in [2.05, 4.69) is 0 Å². The largest absolute Gasteiger partial charge is 1.00 e. The first-order valence-electron chi connectivity index (χ1n) is 12.6. The van der Waals surface area contributed by atoms with Gasteiger partial charge < -0.3 is 24.1 Å². The number of benzene rings is 5. The average molecular weight is 696 g/mol. The van der Waals surface area contributed by atoms with Crippen molar-refractivity contribution in [3.05, 3.63) is 130 Å². The van der Waals surface area contributed by atoms with Crippen LogP contribution in [0.15, 0.2) is 54.6 Å². The third-order valence-electron chi connectivity index (χ3n) is 6.23. The Morgan fingerprint density at radius 2 is 0.755 bits per heavy atom. The molecular weight excluding hydrogens is 687 g/mol. The maximum Gasteiger partial charge on any atom is 1.00 e. The summed E-state index contributed by atoms with van der Waals surface area (Å²) in [6.07, 6.45) is 0. The van der Waals surface area contributed by atoms with Crippen molar-refractivity contribution in [1.29, 1.82) is 0 Å². The molecule has 0 radical (unpaired) electrons. The summed E-state index contributed by atoms with van der Waals surface area (Å²) in [6, 6.07) is 1.83. The number of carboxylic acid groups (broad SMARTS) is 1. The summed E-state index contributed by atoms with van der Waals surface area (Å²) in [7, 11) is 0. The Hall–Kier alpha value is -5.27. The Morgan fingerprint density at radius 3 is 1.10 bits per heavy atom. The molecule has 248 valence electrons. The van der Waals surface area contributed by atoms with Crippen molar-refractivity contribution >= 4 is 5.97 Å². The minimum atomic E-state index is -2.27. The van der Waals surface area contributed by atoms with Gasteiger partial charge in [-0.2, -0.15) is 0 Å². The normalized spacial score (nSPS) is 10.9. The predicted octanol–water partition coefficient (Wildman–Crippen LogP) is 5.77. The summed E-state index contributed by atoms with van der Waals surface area (Å²) in [5.74, 6) is -32.3. The van der Waals surface area contributed by atoms with Gasteiger partial charge in [-0.3, -0.25) is 0 Å². The van der Waals surface area contributed by atoms with Gasteiger partial charge in [0.05, 0.1) is 5.97 Å². The summed E-state index contributed by atoms with van der Waals surface area (Å²) in [5.41, 5.74) is -3.30. The second-order valence-corrected chi connectivity index (χ2v) is 9.41. The van der Waals surface area contributed by atoms with E-state index in [1.54, 1.807) is 0 Å². The van der Waals surface area contributed by atoms with Crippen LogP contribution in [0.25, 0.3) is 11.1 Å². The third kappa shape index (κ3) is 7.27. The van der Waals surface area contributed by atoms with E-state index < -0.39 is 127 Å². The van der Waals surface area contributed by atoms with Crippen LogP contribution in [0.2, 0.25) is 0 Å². The third-order valence-corrected chi connectivity index (χ3v) is 6.23. The van der Waals surface area contributed by atoms with Gasteiger partial charge in [0.25, 0.3) is 0 Å². The summed E-state index contributed by atoms with van der Waals surface area (Å²) in [5, 5.41) is 12.3. The summed E-state index contributed by atoms with van der Waals surface area (Å²) in [6.45, 7) is 0. The van der Waals surface area contributed by atoms with Crippen LogP contribution in [0.5, 0.6) is 34.5 Å². The number of ether oxygens (including phenoxy) is 3. The second kappa shape index (κ2) is 14.1. The topological polar surface area (TPSA) is 67.8 Å². The summed E-state index contributed by atoms with van der Waals surface area (Å²) < 4.78 is 184. The van der Waals surface area contributed by atoms with E-state index in [0.717, 1.165) is 0 Å². The molecule has 0 saturated carbocycles. The number of carboxylic acids is 1. The number of hydrogen-bond acceptors (Lipinski definition) is 5. The number of carbonyl (C=O) groups is 1. The van der Waals surface area contributed by atoms with Gasteiger partial charge in [-0.15, -0.1) is 0 Å². The van der Waals surface area contributed by atoms with E-state index in [-0.39, 0.29) is 67.4 Å². The minimum absolute atomic E-state index is 0. The molecule has 0 aliphatic carbocycles. The molecule has 5 aromatic carbocycles. The number of halogens is 12. The van der Waals surface area contributed by atoms with Crippen molar-refractivity contribution in [2.45, 2.75) is 0 Å². The van der Waals surface area contributed by atoms with Crippen LogP contribution in [0.4, 0.5) is 52.7 Å². The van der Waals surface area contributed by atoms with E-state index in [4.69, 9.17) is 14.2 Å². The van der Waals surface area contributed by atoms with Crippen molar-refractivity contribution in [3.63, 3.8) is 0 Å². The van der Waals surface area contributed by atoms with Gasteiger partial charge in [-0.25, -0.2) is 52.7 Å². The molecule has 0 atom stereocenters. The molecule has 5 rings (SSSR count). The van der Waals surface area contributed by atoms with Gasteiger partial charge in [0.1, 0.15) is 17.2 Å². The second-order valence-electron chi connectivity index (χ2n) is 9.41. The van der Waals surface area contributed by atoms with Gasteiger partial charge in [0.15, 0.2) is 81.3 Å². The van der Waals surface area contributed by atoms with Crippen molar-refractivity contribution < 1.29 is 95.7 Å². The maximum absolute atomic E-state index is 14.4. The van der Waals surface area contributed by atoms with Crippen LogP contribution < -0.4 is 38.2 Å². The molecule has 0 heterocycles. The molecule has 0 aromatic heterocycles. The first-order valence-corrected chi connectivity index (χ1v) is 12.6. The van der Waals surface area contributed by atoms with E-state index >= 15 is 0 Å². The van der Waals surface area contributed by atoms with Gasteiger partial charge in [0.2, 0.25) is 5.75 Å². The molecule has 0 bridgehead atoms. The van der Waals surface area contributed by atoms with Crippen molar-refractivity contribution in [1.82, 2.24) is 0 Å². The molecule has 0 aliphatic heterocycles. The van der Waals surface area contributed by atoms with Crippen LogP contribution in [0.3, 0.4) is 0 Å². The molecule has 49 heavy (non-hydrogen) atoms. The predicted molar refractivity (Wildman–Crippen MR) is 135 cm³/mol. The SMILES string of the molecule is O=C([O-])c1cc(Oc2cc(F)c(F)c(F)c2)c(Oc2cc(F)c(F)c(F)c2)c(Oc2cc(F)c(F)c(F)c2)c1-c1cc(F)c(F)c(F)c1.[Li+]. The number of carbonyl (C=O) groups excluding carboxylic acids is 1. The van der Waals surface area contributed by atoms with Crippen LogP contribution in [-0.4, -0.2) is 5.97 Å². The Bertz CT molecular complexity index is 2050. The standard InChI is InChI=1S/C31H10F12O5.Li/c32-15-1-10(2-16(33)25(15)40)24-14(31(44)45)9-23(46-11-3-17(34)26(41)18(35)4-11)29(47-12-5-19(36)27(42)20(37)6-12)30(24)48-13-7-21(38)28(43)22(39)8-13;/h1-9H,(H,44,45);/q;+1/p-1. The molecule has 0 amide bonds. The van der Waals surface area contributed by atoms with Crippen LogP contribution in [-0.2, 0) is 0 Å². The van der Waals surface area contributed by atoms with Gasteiger partial charge >= 0.3 is 18.9 Å². The first-order chi connectivity index (χ1) is 22.5. The number of rotatable bonds is 8. The zero-order valence-electron chi connectivity index (χ0n) is 23.8. The fourth-order valence-electron chi connectivity index (χ4n) is 4.17. The molecule has 0 N–H and O–H groups in total. The molecule has 0 spiro atoms. The van der Waals surface area contributed by atoms with E-state index in [9.17, 15) is 62.6 Å². The van der Waals surface area contributed by atoms with E-state index in [1.807, 2.05) is 0 Å².